The number of rotatable bonds is 4. The smallest absolute Gasteiger partial charge is 0.124 e. The van der Waals surface area contributed by atoms with Crippen LogP contribution in [-0.2, 0) is 0 Å². The van der Waals surface area contributed by atoms with Crippen molar-refractivity contribution < 1.29 is 0 Å². The molecule has 2 aromatic rings. The zero-order valence-corrected chi connectivity index (χ0v) is 17.5. The lowest BCUT2D eigenvalue weighted by Gasteiger charge is -2.48. The average molecular weight is 379 g/mol. The minimum atomic E-state index is -1.90. The first kappa shape index (κ1) is 18.6. The van der Waals surface area contributed by atoms with Gasteiger partial charge in [-0.3, -0.25) is 0 Å². The van der Waals surface area contributed by atoms with Crippen LogP contribution in [0.1, 0.15) is 64.2 Å². The van der Waals surface area contributed by atoms with Gasteiger partial charge in [0, 0.05) is 11.4 Å². The number of anilines is 2. The van der Waals surface area contributed by atoms with E-state index in [9.17, 15) is 0 Å². The normalized spacial score (nSPS) is 19.9. The van der Waals surface area contributed by atoms with Crippen molar-refractivity contribution in [3.8, 4) is 0 Å². The van der Waals surface area contributed by atoms with E-state index in [1.807, 2.05) is 0 Å². The summed E-state index contributed by atoms with van der Waals surface area (Å²) in [7, 11) is -1.90. The minimum Gasteiger partial charge on any atom is -0.399 e. The van der Waals surface area contributed by atoms with Crippen LogP contribution in [0.15, 0.2) is 48.5 Å². The fourth-order valence-corrected chi connectivity index (χ4v) is 13.0. The van der Waals surface area contributed by atoms with Crippen LogP contribution in [0.25, 0.3) is 0 Å². The first-order valence-electron chi connectivity index (χ1n) is 10.9. The lowest BCUT2D eigenvalue weighted by atomic mass is 9.99. The van der Waals surface area contributed by atoms with Gasteiger partial charge in [0.15, 0.2) is 0 Å². The highest BCUT2D eigenvalue weighted by molar-refractivity contribution is 7.04. The van der Waals surface area contributed by atoms with Crippen LogP contribution in [0.5, 0.6) is 0 Å². The molecule has 27 heavy (non-hydrogen) atoms. The van der Waals surface area contributed by atoms with Gasteiger partial charge < -0.3 is 11.5 Å². The van der Waals surface area contributed by atoms with Gasteiger partial charge in [-0.25, -0.2) is 0 Å². The summed E-state index contributed by atoms with van der Waals surface area (Å²) in [4.78, 5) is 0. The van der Waals surface area contributed by atoms with Crippen molar-refractivity contribution in [2.24, 2.45) is 0 Å². The van der Waals surface area contributed by atoms with E-state index in [1.165, 1.54) is 64.2 Å². The molecule has 2 fully saturated rings. The maximum absolute atomic E-state index is 6.08. The molecule has 2 aliphatic carbocycles. The second kappa shape index (κ2) is 8.10. The molecule has 0 aliphatic heterocycles. The predicted octanol–water partition coefficient (Wildman–Crippen LogP) is 5.08. The molecule has 0 unspecified atom stereocenters. The first-order chi connectivity index (χ1) is 13.2. The van der Waals surface area contributed by atoms with Crippen molar-refractivity contribution in [3.05, 3.63) is 48.5 Å². The summed E-state index contributed by atoms with van der Waals surface area (Å²) in [6.07, 6.45) is 14.0. The molecule has 3 heteroatoms. The maximum atomic E-state index is 6.08. The van der Waals surface area contributed by atoms with E-state index >= 15 is 0 Å². The van der Waals surface area contributed by atoms with Gasteiger partial charge in [-0.1, -0.05) is 98.8 Å². The lowest BCUT2D eigenvalue weighted by molar-refractivity contribution is 0.459. The van der Waals surface area contributed by atoms with Crippen molar-refractivity contribution in [2.45, 2.75) is 75.3 Å². The molecule has 0 aromatic heterocycles. The topological polar surface area (TPSA) is 52.0 Å². The summed E-state index contributed by atoms with van der Waals surface area (Å²) in [5, 5.41) is 3.22. The predicted molar refractivity (Wildman–Crippen MR) is 120 cm³/mol. The molecule has 0 amide bonds. The van der Waals surface area contributed by atoms with Crippen molar-refractivity contribution in [2.75, 3.05) is 11.5 Å². The molecule has 144 valence electrons. The zero-order valence-electron chi connectivity index (χ0n) is 16.5. The molecule has 4 rings (SSSR count). The fourth-order valence-electron chi connectivity index (χ4n) is 6.08. The Morgan fingerprint density at radius 3 is 1.19 bits per heavy atom. The van der Waals surface area contributed by atoms with Crippen LogP contribution < -0.4 is 21.8 Å². The largest absolute Gasteiger partial charge is 0.399 e. The summed E-state index contributed by atoms with van der Waals surface area (Å²) in [5.74, 6) is 0. The fraction of sp³-hybridized carbons (Fsp3) is 0.500. The van der Waals surface area contributed by atoms with Crippen molar-refractivity contribution >= 4 is 29.8 Å². The van der Waals surface area contributed by atoms with Crippen LogP contribution in [0, 0.1) is 0 Å². The first-order valence-corrected chi connectivity index (χ1v) is 13.1. The van der Waals surface area contributed by atoms with Crippen molar-refractivity contribution in [1.29, 1.82) is 0 Å². The Labute approximate surface area is 165 Å². The van der Waals surface area contributed by atoms with E-state index < -0.39 is 8.07 Å². The van der Waals surface area contributed by atoms with Gasteiger partial charge in [0.2, 0.25) is 0 Å². The van der Waals surface area contributed by atoms with Gasteiger partial charge in [-0.15, -0.1) is 0 Å². The van der Waals surface area contributed by atoms with Crippen molar-refractivity contribution in [3.63, 3.8) is 0 Å². The summed E-state index contributed by atoms with van der Waals surface area (Å²) in [6.45, 7) is 0. The van der Waals surface area contributed by atoms with Crippen LogP contribution in [0.4, 0.5) is 11.4 Å². The van der Waals surface area contributed by atoms with Crippen LogP contribution >= 0.6 is 0 Å². The van der Waals surface area contributed by atoms with E-state index in [0.29, 0.717) is 0 Å². The molecular formula is C24H34N2Si. The molecule has 0 spiro atoms. The van der Waals surface area contributed by atoms with Gasteiger partial charge in [-0.05, 0) is 35.3 Å². The number of hydrogen-bond donors (Lipinski definition) is 2. The number of nitrogen functional groups attached to an aromatic ring is 2. The number of nitrogens with two attached hydrogens (primary N) is 2. The molecule has 0 radical (unpaired) electrons. The molecule has 0 heterocycles. The second-order valence-corrected chi connectivity index (χ2v) is 13.3. The Morgan fingerprint density at radius 2 is 0.852 bits per heavy atom. The second-order valence-electron chi connectivity index (χ2n) is 8.78. The maximum Gasteiger partial charge on any atom is 0.124 e. The molecule has 2 aliphatic rings. The van der Waals surface area contributed by atoms with E-state index in [0.717, 1.165) is 22.5 Å². The highest BCUT2D eigenvalue weighted by atomic mass is 28.3. The van der Waals surface area contributed by atoms with Crippen LogP contribution in [0.3, 0.4) is 0 Å². The average Bonchev–Trinajstić information content (AvgIpc) is 2.73. The summed E-state index contributed by atoms with van der Waals surface area (Å²) in [6, 6.07) is 18.1. The van der Waals surface area contributed by atoms with Gasteiger partial charge >= 0.3 is 0 Å². The van der Waals surface area contributed by atoms with E-state index in [-0.39, 0.29) is 0 Å². The molecule has 2 nitrogen and oxygen atoms in total. The Hall–Kier alpha value is -1.74. The van der Waals surface area contributed by atoms with Crippen molar-refractivity contribution in [1.82, 2.24) is 0 Å². The summed E-state index contributed by atoms with van der Waals surface area (Å²) in [5.41, 5.74) is 15.6. The van der Waals surface area contributed by atoms with Gasteiger partial charge in [0.25, 0.3) is 0 Å². The Balaban J connectivity index is 1.91. The monoisotopic (exact) mass is 378 g/mol. The van der Waals surface area contributed by atoms with Gasteiger partial charge in [0.05, 0.1) is 0 Å². The zero-order chi connectivity index (χ0) is 18.7. The van der Waals surface area contributed by atoms with Crippen LogP contribution in [-0.4, -0.2) is 8.07 Å². The SMILES string of the molecule is Nc1ccc([Si](c2ccc(N)cc2)(C2CCCCC2)C2CCCCC2)cc1. The Bertz CT molecular complexity index is 660. The Kier molecular flexibility index (Phi) is 5.58. The third-order valence-corrected chi connectivity index (χ3v) is 13.6. The molecule has 2 saturated carbocycles. The minimum absolute atomic E-state index is 0.849. The lowest BCUT2D eigenvalue weighted by Crippen LogP contribution is -2.65. The molecule has 0 atom stereocenters. The van der Waals surface area contributed by atoms with Gasteiger partial charge in [-0.2, -0.15) is 0 Å². The quantitative estimate of drug-likeness (QED) is 0.575. The summed E-state index contributed by atoms with van der Waals surface area (Å²) < 4.78 is 0. The highest BCUT2D eigenvalue weighted by Crippen LogP contribution is 2.47. The molecule has 4 N–H and O–H groups in total. The third-order valence-electron chi connectivity index (χ3n) is 7.27. The molecular weight excluding hydrogens is 344 g/mol. The van der Waals surface area contributed by atoms with E-state index in [1.54, 1.807) is 10.4 Å². The number of hydrogen-bond acceptors (Lipinski definition) is 2. The van der Waals surface area contributed by atoms with E-state index in [4.69, 9.17) is 11.5 Å². The molecule has 0 bridgehead atoms. The third kappa shape index (κ3) is 3.54. The van der Waals surface area contributed by atoms with E-state index in [2.05, 4.69) is 48.5 Å². The molecule has 0 saturated heterocycles. The summed E-state index contributed by atoms with van der Waals surface area (Å²) >= 11 is 0. The highest BCUT2D eigenvalue weighted by Gasteiger charge is 2.50. The van der Waals surface area contributed by atoms with Crippen LogP contribution in [0.2, 0.25) is 11.1 Å². The number of benzene rings is 2. The molecule has 2 aromatic carbocycles. The van der Waals surface area contributed by atoms with Gasteiger partial charge in [0.1, 0.15) is 8.07 Å². The standard InChI is InChI=1S/C24H34N2Si/c25-19-11-15-23(16-12-19)27(21-7-3-1-4-8-21,22-9-5-2-6-10-22)24-17-13-20(26)14-18-24/h11-18,21-22H,1-10,25-26H2. The Morgan fingerprint density at radius 1 is 0.519 bits per heavy atom.